The van der Waals surface area contributed by atoms with Gasteiger partial charge >= 0.3 is 0 Å². The van der Waals surface area contributed by atoms with Crippen molar-refractivity contribution in [2.24, 2.45) is 4.99 Å². The molecule has 1 aliphatic rings. The Morgan fingerprint density at radius 1 is 0.738 bits per heavy atom. The Hall–Kier alpha value is -4.77. The molecule has 1 aliphatic heterocycles. The van der Waals surface area contributed by atoms with E-state index in [9.17, 15) is 5.11 Å². The molecule has 1 unspecified atom stereocenters. The zero-order chi connectivity index (χ0) is 29.4. The first-order valence-corrected chi connectivity index (χ1v) is 14.6. The highest BCUT2D eigenvalue weighted by Gasteiger charge is 2.29. The highest BCUT2D eigenvalue weighted by atomic mass is 16.3. The summed E-state index contributed by atoms with van der Waals surface area (Å²) in [5.74, 6) is 1.81. The van der Waals surface area contributed by atoms with Gasteiger partial charge in [-0.05, 0) is 64.4 Å². The highest BCUT2D eigenvalue weighted by molar-refractivity contribution is 6.37. The molecule has 210 valence electrons. The van der Waals surface area contributed by atoms with E-state index in [2.05, 4.69) is 105 Å². The second kappa shape index (κ2) is 11.2. The summed E-state index contributed by atoms with van der Waals surface area (Å²) in [6.45, 7) is 9.06. The summed E-state index contributed by atoms with van der Waals surface area (Å²) < 4.78 is 4.30. The number of hydrogen-bond donors (Lipinski definition) is 1. The van der Waals surface area contributed by atoms with E-state index >= 15 is 0 Å². The van der Waals surface area contributed by atoms with Crippen molar-refractivity contribution in [3.8, 4) is 34.0 Å². The molecule has 0 bridgehead atoms. The molecule has 0 spiro atoms. The number of aromatic hydroxyl groups is 1. The van der Waals surface area contributed by atoms with Gasteiger partial charge in [-0.1, -0.05) is 88.4 Å². The number of hydrogen-bond acceptors (Lipinski definition) is 3. The van der Waals surface area contributed by atoms with E-state index in [1.54, 1.807) is 6.07 Å². The number of nitrogens with zero attached hydrogens (tertiary/aromatic N) is 4. The van der Waals surface area contributed by atoms with Gasteiger partial charge in [-0.25, -0.2) is 14.6 Å². The molecule has 6 rings (SSSR count). The summed E-state index contributed by atoms with van der Waals surface area (Å²) in [5, 5.41) is 10.4. The van der Waals surface area contributed by atoms with Gasteiger partial charge in [0.25, 0.3) is 6.17 Å². The molecule has 4 aromatic carbocycles. The number of rotatable bonds is 7. The minimum absolute atomic E-state index is 0.253. The molecule has 0 aliphatic carbocycles. The topological polar surface area (TPSA) is 53.4 Å². The van der Waals surface area contributed by atoms with Crippen LogP contribution in [0.25, 0.3) is 28.2 Å². The quantitative estimate of drug-likeness (QED) is 0.206. The van der Waals surface area contributed by atoms with Gasteiger partial charge in [-0.3, -0.25) is 4.57 Å². The number of para-hydroxylation sites is 1. The highest BCUT2D eigenvalue weighted by Crippen LogP contribution is 2.38. The number of phenolic OH excluding ortho intramolecular Hbond substituents is 1. The summed E-state index contributed by atoms with van der Waals surface area (Å²) in [6.07, 6.45) is 5.75. The van der Waals surface area contributed by atoms with E-state index < -0.39 is 0 Å². The monoisotopic (exact) mass is 553 g/mol. The second-order valence-electron chi connectivity index (χ2n) is 11.6. The zero-order valence-corrected chi connectivity index (χ0v) is 24.9. The van der Waals surface area contributed by atoms with Crippen LogP contribution in [-0.2, 0) is 0 Å². The van der Waals surface area contributed by atoms with Gasteiger partial charge in [0.2, 0.25) is 0 Å². The molecule has 0 radical (unpaired) electrons. The van der Waals surface area contributed by atoms with Crippen molar-refractivity contribution in [1.29, 1.82) is 0 Å². The Kier molecular flexibility index (Phi) is 7.34. The number of benzene rings is 4. The van der Waals surface area contributed by atoms with Crippen LogP contribution in [0, 0.1) is 0 Å². The van der Waals surface area contributed by atoms with E-state index in [1.165, 1.54) is 27.9 Å². The largest absolute Gasteiger partial charge is 0.507 e. The fourth-order valence-electron chi connectivity index (χ4n) is 5.81. The normalized spacial score (nSPS) is 14.9. The van der Waals surface area contributed by atoms with Crippen molar-refractivity contribution >= 4 is 11.9 Å². The Labute approximate surface area is 248 Å². The first-order chi connectivity index (χ1) is 20.3. The van der Waals surface area contributed by atoms with Gasteiger partial charge in [0.1, 0.15) is 24.3 Å². The molecule has 0 saturated carbocycles. The van der Waals surface area contributed by atoms with Crippen LogP contribution in [0.3, 0.4) is 0 Å². The maximum atomic E-state index is 10.4. The van der Waals surface area contributed by atoms with E-state index in [0.29, 0.717) is 11.8 Å². The SMILES string of the molecule is CC(C)c1cc(-c2ccccc2)cc(C(C)C)c1-n1ccnc1-c1cccc(C2=NC(c3ccccc3O)[N+](C)=C2)c1. The molecule has 5 aromatic rings. The lowest BCUT2D eigenvalue weighted by Crippen LogP contribution is -2.10. The third-order valence-electron chi connectivity index (χ3n) is 8.01. The number of aliphatic imine (C=N–C) groups is 1. The molecular formula is C37H37N4O+. The maximum absolute atomic E-state index is 10.4. The summed E-state index contributed by atoms with van der Waals surface area (Å²) in [5.41, 5.74) is 10.00. The van der Waals surface area contributed by atoms with Crippen LogP contribution in [0.4, 0.5) is 0 Å². The lowest BCUT2D eigenvalue weighted by atomic mass is 9.88. The minimum atomic E-state index is -0.267. The van der Waals surface area contributed by atoms with E-state index in [1.807, 2.05) is 42.2 Å². The first kappa shape index (κ1) is 27.4. The number of aromatic nitrogens is 2. The van der Waals surface area contributed by atoms with Crippen LogP contribution in [-0.4, -0.2) is 38.2 Å². The van der Waals surface area contributed by atoms with E-state index in [4.69, 9.17) is 9.98 Å². The van der Waals surface area contributed by atoms with Crippen molar-refractivity contribution in [2.75, 3.05) is 7.05 Å². The van der Waals surface area contributed by atoms with Crippen molar-refractivity contribution < 1.29 is 9.68 Å². The Morgan fingerprint density at radius 3 is 2.07 bits per heavy atom. The minimum Gasteiger partial charge on any atom is -0.507 e. The molecule has 0 fully saturated rings. The third kappa shape index (κ3) is 5.07. The van der Waals surface area contributed by atoms with Gasteiger partial charge < -0.3 is 5.11 Å². The first-order valence-electron chi connectivity index (χ1n) is 14.6. The van der Waals surface area contributed by atoms with Gasteiger partial charge in [0, 0.05) is 23.5 Å². The van der Waals surface area contributed by atoms with Gasteiger partial charge in [0.05, 0.1) is 11.3 Å². The summed E-state index contributed by atoms with van der Waals surface area (Å²) in [6, 6.07) is 31.1. The Morgan fingerprint density at radius 2 is 1.38 bits per heavy atom. The molecule has 1 N–H and O–H groups in total. The van der Waals surface area contributed by atoms with Crippen LogP contribution >= 0.6 is 0 Å². The fraction of sp³-hybridized carbons (Fsp3) is 0.216. The summed E-state index contributed by atoms with van der Waals surface area (Å²) in [7, 11) is 1.99. The molecule has 0 amide bonds. The molecule has 5 nitrogen and oxygen atoms in total. The average Bonchev–Trinajstić information content (AvgIpc) is 3.64. The van der Waals surface area contributed by atoms with E-state index in [-0.39, 0.29) is 11.9 Å². The predicted octanol–water partition coefficient (Wildman–Crippen LogP) is 8.37. The maximum Gasteiger partial charge on any atom is 0.276 e. The predicted molar refractivity (Wildman–Crippen MR) is 172 cm³/mol. The van der Waals surface area contributed by atoms with E-state index in [0.717, 1.165) is 28.2 Å². The Balaban J connectivity index is 1.44. The third-order valence-corrected chi connectivity index (χ3v) is 8.01. The van der Waals surface area contributed by atoms with Crippen molar-refractivity contribution in [1.82, 2.24) is 9.55 Å². The fourth-order valence-corrected chi connectivity index (χ4v) is 5.81. The lowest BCUT2D eigenvalue weighted by molar-refractivity contribution is -0.533. The van der Waals surface area contributed by atoms with Crippen molar-refractivity contribution in [2.45, 2.75) is 45.7 Å². The molecule has 1 atom stereocenters. The summed E-state index contributed by atoms with van der Waals surface area (Å²) >= 11 is 0. The zero-order valence-electron chi connectivity index (χ0n) is 24.9. The number of phenols is 1. The smallest absolute Gasteiger partial charge is 0.276 e. The molecular weight excluding hydrogens is 516 g/mol. The van der Waals surface area contributed by atoms with Crippen LogP contribution in [0.1, 0.15) is 68.0 Å². The standard InChI is InChI=1S/C37H36N4O/c1-24(2)31-21-29(26-12-7-6-8-13-26)22-32(25(3)4)35(31)41-19-18-38-36(41)28-15-11-14-27(20-28)33-23-40(5)37(39-33)30-16-9-10-17-34(30)42/h6-25,37H,1-5H3/p+1. The van der Waals surface area contributed by atoms with Gasteiger partial charge in [-0.2, -0.15) is 0 Å². The van der Waals surface area contributed by atoms with Gasteiger partial charge in [-0.15, -0.1) is 0 Å². The van der Waals surface area contributed by atoms with Crippen molar-refractivity contribution in [3.05, 3.63) is 126 Å². The average molecular weight is 554 g/mol. The molecule has 0 saturated heterocycles. The van der Waals surface area contributed by atoms with Crippen molar-refractivity contribution in [3.63, 3.8) is 0 Å². The summed E-state index contributed by atoms with van der Waals surface area (Å²) in [4.78, 5) is 9.86. The second-order valence-corrected chi connectivity index (χ2v) is 11.6. The van der Waals surface area contributed by atoms with Gasteiger partial charge in [0.15, 0.2) is 6.21 Å². The Bertz CT molecular complexity index is 1780. The molecule has 5 heteroatoms. The van der Waals surface area contributed by atoms with Crippen LogP contribution in [0.2, 0.25) is 0 Å². The number of imidazole rings is 1. The molecule has 1 aromatic heterocycles. The lowest BCUT2D eigenvalue weighted by Gasteiger charge is -2.24. The molecule has 2 heterocycles. The van der Waals surface area contributed by atoms with Crippen LogP contribution in [0.15, 0.2) is 108 Å². The van der Waals surface area contributed by atoms with Crippen LogP contribution < -0.4 is 0 Å². The van der Waals surface area contributed by atoms with Crippen LogP contribution in [0.5, 0.6) is 5.75 Å². The molecule has 42 heavy (non-hydrogen) atoms.